The van der Waals surface area contributed by atoms with E-state index in [1.165, 1.54) is 6.20 Å². The molecule has 1 amide bonds. The normalized spacial score (nSPS) is 19.0. The van der Waals surface area contributed by atoms with Crippen molar-refractivity contribution in [1.29, 1.82) is 0 Å². The number of β-amino-alcohol motifs (C(OH)–C–C–N with tert-alkyl or cyclic N) is 1. The molecule has 126 valence electrons. The van der Waals surface area contributed by atoms with Crippen molar-refractivity contribution in [3.63, 3.8) is 0 Å². The van der Waals surface area contributed by atoms with E-state index in [4.69, 9.17) is 5.73 Å². The minimum absolute atomic E-state index is 0.124. The summed E-state index contributed by atoms with van der Waals surface area (Å²) in [5, 5.41) is 10.3. The van der Waals surface area contributed by atoms with E-state index in [0.717, 1.165) is 18.7 Å². The fourth-order valence-corrected chi connectivity index (χ4v) is 2.78. The molecule has 1 fully saturated rings. The Kier molecular flexibility index (Phi) is 4.97. The molecule has 1 aliphatic heterocycles. The van der Waals surface area contributed by atoms with Gasteiger partial charge in [0.25, 0.3) is 5.91 Å². The summed E-state index contributed by atoms with van der Waals surface area (Å²) in [4.78, 5) is 27.7. The van der Waals surface area contributed by atoms with Gasteiger partial charge in [-0.15, -0.1) is 0 Å². The Balaban J connectivity index is 1.70. The Morgan fingerprint density at radius 1 is 1.25 bits per heavy atom. The fourth-order valence-electron chi connectivity index (χ4n) is 2.78. The highest BCUT2D eigenvalue weighted by Gasteiger charge is 2.23. The van der Waals surface area contributed by atoms with Crippen molar-refractivity contribution >= 4 is 11.7 Å². The summed E-state index contributed by atoms with van der Waals surface area (Å²) in [6.45, 7) is 3.16. The van der Waals surface area contributed by atoms with E-state index >= 15 is 0 Å². The Morgan fingerprint density at radius 2 is 2.12 bits per heavy atom. The first-order chi connectivity index (χ1) is 11.6. The Morgan fingerprint density at radius 3 is 2.88 bits per heavy atom. The van der Waals surface area contributed by atoms with Gasteiger partial charge in [0.2, 0.25) is 0 Å². The van der Waals surface area contributed by atoms with Crippen molar-refractivity contribution < 1.29 is 9.90 Å². The number of aromatic nitrogens is 3. The van der Waals surface area contributed by atoms with Gasteiger partial charge in [0, 0.05) is 45.1 Å². The van der Waals surface area contributed by atoms with E-state index in [1.54, 1.807) is 12.4 Å². The standard InChI is InChI=1S/C16H20N6O2/c17-16(24)14-7-19-8-15(20-14)22-5-4-21(10-13(23)11-22)9-12-2-1-3-18-6-12/h1-3,6-8,13,23H,4-5,9-11H2,(H2,17,24)/t13-/m1/s1. The molecule has 2 aromatic rings. The number of rotatable bonds is 4. The van der Waals surface area contributed by atoms with Crippen molar-refractivity contribution in [3.8, 4) is 0 Å². The van der Waals surface area contributed by atoms with Gasteiger partial charge in [-0.05, 0) is 11.6 Å². The number of hydrogen-bond donors (Lipinski definition) is 2. The number of nitrogens with zero attached hydrogens (tertiary/aromatic N) is 5. The maximum atomic E-state index is 11.3. The van der Waals surface area contributed by atoms with Crippen LogP contribution in [-0.2, 0) is 6.54 Å². The molecule has 0 saturated carbocycles. The van der Waals surface area contributed by atoms with Crippen LogP contribution in [0.25, 0.3) is 0 Å². The summed E-state index contributed by atoms with van der Waals surface area (Å²) in [6.07, 6.45) is 5.97. The molecular formula is C16H20N6O2. The molecule has 2 aromatic heterocycles. The summed E-state index contributed by atoms with van der Waals surface area (Å²) in [6, 6.07) is 3.92. The highest BCUT2D eigenvalue weighted by molar-refractivity contribution is 5.90. The number of aliphatic hydroxyl groups excluding tert-OH is 1. The minimum atomic E-state index is -0.613. The second-order valence-electron chi connectivity index (χ2n) is 5.82. The first kappa shape index (κ1) is 16.3. The quantitative estimate of drug-likeness (QED) is 0.790. The first-order valence-electron chi connectivity index (χ1n) is 7.78. The average Bonchev–Trinajstić information content (AvgIpc) is 2.77. The van der Waals surface area contributed by atoms with Crippen molar-refractivity contribution in [3.05, 3.63) is 48.2 Å². The van der Waals surface area contributed by atoms with E-state index in [0.29, 0.717) is 25.5 Å². The van der Waals surface area contributed by atoms with E-state index in [-0.39, 0.29) is 5.69 Å². The number of amides is 1. The number of nitrogens with two attached hydrogens (primary N) is 1. The lowest BCUT2D eigenvalue weighted by Gasteiger charge is -2.22. The number of pyridine rings is 1. The Bertz CT molecular complexity index is 696. The van der Waals surface area contributed by atoms with Gasteiger partial charge in [-0.1, -0.05) is 6.07 Å². The number of carbonyl (C=O) groups is 1. The predicted octanol–water partition coefficient (Wildman–Crippen LogP) is -0.346. The number of primary amides is 1. The second-order valence-corrected chi connectivity index (χ2v) is 5.82. The zero-order valence-electron chi connectivity index (χ0n) is 13.2. The molecule has 0 radical (unpaired) electrons. The van der Waals surface area contributed by atoms with Gasteiger partial charge < -0.3 is 15.7 Å². The zero-order valence-corrected chi connectivity index (χ0v) is 13.2. The third-order valence-corrected chi connectivity index (χ3v) is 3.91. The topological polar surface area (TPSA) is 108 Å². The van der Waals surface area contributed by atoms with Gasteiger partial charge in [0.1, 0.15) is 11.5 Å². The molecule has 3 N–H and O–H groups in total. The Hall–Kier alpha value is -2.58. The van der Waals surface area contributed by atoms with Gasteiger partial charge in [-0.3, -0.25) is 19.7 Å². The molecule has 1 aliphatic rings. The van der Waals surface area contributed by atoms with E-state index in [2.05, 4.69) is 19.9 Å². The SMILES string of the molecule is NC(=O)c1cncc(N2CCN(Cc3cccnc3)C[C@@H](O)C2)n1. The molecule has 0 bridgehead atoms. The molecule has 0 aliphatic carbocycles. The van der Waals surface area contributed by atoms with Gasteiger partial charge in [0.15, 0.2) is 0 Å². The molecule has 1 saturated heterocycles. The average molecular weight is 328 g/mol. The summed E-state index contributed by atoms with van der Waals surface area (Å²) in [5.41, 5.74) is 6.48. The molecule has 0 spiro atoms. The van der Waals surface area contributed by atoms with E-state index in [1.807, 2.05) is 23.2 Å². The molecule has 0 aromatic carbocycles. The molecule has 8 heteroatoms. The molecule has 3 heterocycles. The number of hydrogen-bond acceptors (Lipinski definition) is 7. The summed E-state index contributed by atoms with van der Waals surface area (Å²) < 4.78 is 0. The maximum Gasteiger partial charge on any atom is 0.268 e. The summed E-state index contributed by atoms with van der Waals surface area (Å²) in [7, 11) is 0. The first-order valence-corrected chi connectivity index (χ1v) is 7.78. The third-order valence-electron chi connectivity index (χ3n) is 3.91. The molecule has 8 nitrogen and oxygen atoms in total. The maximum absolute atomic E-state index is 11.3. The smallest absolute Gasteiger partial charge is 0.268 e. The molecule has 0 unspecified atom stereocenters. The highest BCUT2D eigenvalue weighted by Crippen LogP contribution is 2.15. The van der Waals surface area contributed by atoms with Crippen LogP contribution in [0.5, 0.6) is 0 Å². The van der Waals surface area contributed by atoms with Crippen molar-refractivity contribution in [2.24, 2.45) is 5.73 Å². The summed E-state index contributed by atoms with van der Waals surface area (Å²) >= 11 is 0. The van der Waals surface area contributed by atoms with Crippen molar-refractivity contribution in [1.82, 2.24) is 19.9 Å². The van der Waals surface area contributed by atoms with Crippen LogP contribution in [0.4, 0.5) is 5.82 Å². The lowest BCUT2D eigenvalue weighted by Crippen LogP contribution is -2.34. The number of aliphatic hydroxyl groups is 1. The van der Waals surface area contributed by atoms with Crippen LogP contribution in [0, 0.1) is 0 Å². The van der Waals surface area contributed by atoms with Crippen molar-refractivity contribution in [2.45, 2.75) is 12.6 Å². The van der Waals surface area contributed by atoms with Gasteiger partial charge >= 0.3 is 0 Å². The van der Waals surface area contributed by atoms with Crippen LogP contribution in [0.2, 0.25) is 0 Å². The second kappa shape index (κ2) is 7.33. The van der Waals surface area contributed by atoms with Crippen LogP contribution in [0.15, 0.2) is 36.9 Å². The molecular weight excluding hydrogens is 308 g/mol. The monoisotopic (exact) mass is 328 g/mol. The van der Waals surface area contributed by atoms with E-state index < -0.39 is 12.0 Å². The van der Waals surface area contributed by atoms with Crippen LogP contribution < -0.4 is 10.6 Å². The van der Waals surface area contributed by atoms with Crippen molar-refractivity contribution in [2.75, 3.05) is 31.1 Å². The van der Waals surface area contributed by atoms with Gasteiger partial charge in [-0.2, -0.15) is 0 Å². The number of anilines is 1. The number of carbonyl (C=O) groups excluding carboxylic acids is 1. The lowest BCUT2D eigenvalue weighted by molar-refractivity contribution is 0.0995. The van der Waals surface area contributed by atoms with E-state index in [9.17, 15) is 9.90 Å². The van der Waals surface area contributed by atoms with Crippen LogP contribution in [-0.4, -0.2) is 63.1 Å². The molecule has 1 atom stereocenters. The van der Waals surface area contributed by atoms with Crippen LogP contribution >= 0.6 is 0 Å². The Labute approximate surface area is 140 Å². The minimum Gasteiger partial charge on any atom is -0.390 e. The van der Waals surface area contributed by atoms with Crippen LogP contribution in [0.3, 0.4) is 0 Å². The molecule has 24 heavy (non-hydrogen) atoms. The predicted molar refractivity (Wildman–Crippen MR) is 88.3 cm³/mol. The van der Waals surface area contributed by atoms with Crippen LogP contribution in [0.1, 0.15) is 16.1 Å². The fraction of sp³-hybridized carbons (Fsp3) is 0.375. The lowest BCUT2D eigenvalue weighted by atomic mass is 10.2. The largest absolute Gasteiger partial charge is 0.390 e. The van der Waals surface area contributed by atoms with Gasteiger partial charge in [-0.25, -0.2) is 4.98 Å². The summed E-state index contributed by atoms with van der Waals surface area (Å²) in [5.74, 6) is -0.0634. The third kappa shape index (κ3) is 4.03. The highest BCUT2D eigenvalue weighted by atomic mass is 16.3. The molecule has 3 rings (SSSR count). The van der Waals surface area contributed by atoms with Gasteiger partial charge in [0.05, 0.1) is 18.5 Å². The zero-order chi connectivity index (χ0) is 16.9.